The first-order valence-corrected chi connectivity index (χ1v) is 2.60. The van der Waals surface area contributed by atoms with Gasteiger partial charge in [0, 0.05) is 0 Å². The number of hydrogen-bond donors (Lipinski definition) is 0. The fraction of sp³-hybridized carbons (Fsp3) is 0. The first kappa shape index (κ1) is 7.89. The molecule has 0 saturated heterocycles. The smallest absolute Gasteiger partial charge is 0.0984 e. The van der Waals surface area contributed by atoms with E-state index in [1.165, 1.54) is 0 Å². The summed E-state index contributed by atoms with van der Waals surface area (Å²) in [6.07, 6.45) is 3.19. The van der Waals surface area contributed by atoms with Crippen molar-refractivity contribution in [2.75, 3.05) is 0 Å². The van der Waals surface area contributed by atoms with Crippen molar-refractivity contribution in [2.24, 2.45) is 0 Å². The highest BCUT2D eigenvalue weighted by Gasteiger charge is 1.44. The first-order valence-electron chi connectivity index (χ1n) is 2.22. The molecule has 0 N–H and O–H groups in total. The van der Waals surface area contributed by atoms with Gasteiger partial charge < -0.3 is 0 Å². The van der Waals surface area contributed by atoms with Gasteiger partial charge in [-0.2, -0.15) is 0 Å². The summed E-state index contributed by atoms with van der Waals surface area (Å²) in [5.74, 6) is 0. The number of hydrogen-bond acceptors (Lipinski definition) is 0. The molecule has 0 heterocycles. The Balaban J connectivity index is 4.48. The second-order valence-electron chi connectivity index (χ2n) is 1.02. The molecule has 0 aliphatic carbocycles. The lowest BCUT2D eigenvalue weighted by atomic mass is 10.6. The predicted molar refractivity (Wildman–Crippen MR) is 37.9 cm³/mol. The van der Waals surface area contributed by atoms with Gasteiger partial charge in [0.2, 0.25) is 0 Å². The third-order valence-corrected chi connectivity index (χ3v) is 0.540. The van der Waals surface area contributed by atoms with Crippen LogP contribution in [0.2, 0.25) is 0 Å². The molecule has 9 heavy (non-hydrogen) atoms. The summed E-state index contributed by atoms with van der Waals surface area (Å²) in [5.41, 5.74) is 12.0. The van der Waals surface area contributed by atoms with E-state index < -0.39 is 0 Å². The van der Waals surface area contributed by atoms with Crippen LogP contribution in [0.3, 0.4) is 0 Å². The predicted octanol–water partition coefficient (Wildman–Crippen LogP) is 2.35. The molecular formula is C8H4Cl. The standard InChI is InChI=1S/C8H4Cl/c1-2-3-4-5-6-7-8-9/h2-3H,1H2. The fourth-order valence-corrected chi connectivity index (χ4v) is 0.239. The fourth-order valence-electron chi connectivity index (χ4n) is 0.192. The molecule has 0 rings (SSSR count). The van der Waals surface area contributed by atoms with Crippen molar-refractivity contribution < 1.29 is 0 Å². The minimum Gasteiger partial charge on any atom is -0.0984 e. The molecule has 1 heteroatoms. The lowest BCUT2D eigenvalue weighted by Gasteiger charge is -1.49. The van der Waals surface area contributed by atoms with Gasteiger partial charge in [0.1, 0.15) is 5.54 Å². The average molecular weight is 136 g/mol. The zero-order valence-electron chi connectivity index (χ0n) is 4.74. The first-order chi connectivity index (χ1) is 4.41. The van der Waals surface area contributed by atoms with Gasteiger partial charge in [-0.15, -0.1) is 0 Å². The highest BCUT2D eigenvalue weighted by atomic mass is 35.5. The summed E-state index contributed by atoms with van der Waals surface area (Å²) < 4.78 is 0. The molecule has 1 radical (unpaired) electrons. The van der Waals surface area contributed by atoms with Crippen LogP contribution in [0, 0.1) is 5.54 Å². The molecule has 0 aromatic carbocycles. The molecule has 43 valence electrons. The summed E-state index contributed by atoms with van der Waals surface area (Å²) >= 11 is 4.99. The van der Waals surface area contributed by atoms with Crippen molar-refractivity contribution in [3.8, 4) is 0 Å². The van der Waals surface area contributed by atoms with Crippen molar-refractivity contribution in [2.45, 2.75) is 0 Å². The maximum absolute atomic E-state index is 4.99. The van der Waals surface area contributed by atoms with Crippen LogP contribution in [0.25, 0.3) is 0 Å². The van der Waals surface area contributed by atoms with Crippen LogP contribution < -0.4 is 0 Å². The SMILES string of the molecule is C=CC=C=C=C=C=[C]Cl. The second-order valence-corrected chi connectivity index (χ2v) is 1.21. The van der Waals surface area contributed by atoms with Crippen LogP contribution in [0.4, 0.5) is 0 Å². The average Bonchev–Trinajstić information content (AvgIpc) is 1.89. The Morgan fingerprint density at radius 1 is 1.22 bits per heavy atom. The summed E-state index contributed by atoms with van der Waals surface area (Å²) in [5, 5.41) is 0. The van der Waals surface area contributed by atoms with E-state index in [9.17, 15) is 0 Å². The van der Waals surface area contributed by atoms with E-state index in [1.807, 2.05) is 0 Å². The van der Waals surface area contributed by atoms with Crippen LogP contribution in [0.1, 0.15) is 0 Å². The second kappa shape index (κ2) is 6.89. The van der Waals surface area contributed by atoms with Crippen LogP contribution in [-0.2, 0) is 0 Å². The highest BCUT2D eigenvalue weighted by molar-refractivity contribution is 6.21. The zero-order valence-corrected chi connectivity index (χ0v) is 5.50. The number of rotatable bonds is 1. The molecule has 0 aliphatic rings. The van der Waals surface area contributed by atoms with Crippen molar-refractivity contribution in [1.82, 2.24) is 0 Å². The summed E-state index contributed by atoms with van der Waals surface area (Å²) in [4.78, 5) is 0. The van der Waals surface area contributed by atoms with E-state index in [0.29, 0.717) is 0 Å². The largest absolute Gasteiger partial charge is 0.119 e. The molecular weight excluding hydrogens is 132 g/mol. The van der Waals surface area contributed by atoms with Crippen molar-refractivity contribution in [1.29, 1.82) is 0 Å². The maximum Gasteiger partial charge on any atom is 0.119 e. The molecule has 0 spiro atoms. The van der Waals surface area contributed by atoms with Crippen LogP contribution in [0.15, 0.2) is 41.7 Å². The van der Waals surface area contributed by atoms with Crippen LogP contribution >= 0.6 is 11.6 Å². The van der Waals surface area contributed by atoms with Gasteiger partial charge in [0.05, 0.1) is 0 Å². The molecule has 0 saturated carbocycles. The van der Waals surface area contributed by atoms with E-state index >= 15 is 0 Å². The molecule has 0 amide bonds. The van der Waals surface area contributed by atoms with Gasteiger partial charge in [-0.25, -0.2) is 0 Å². The summed E-state index contributed by atoms with van der Waals surface area (Å²) in [6.45, 7) is 3.43. The Morgan fingerprint density at radius 3 is 2.56 bits per heavy atom. The van der Waals surface area contributed by atoms with Crippen molar-refractivity contribution in [3.63, 3.8) is 0 Å². The topological polar surface area (TPSA) is 0 Å². The normalized spacial score (nSPS) is 5.00. The van der Waals surface area contributed by atoms with Crippen molar-refractivity contribution >= 4 is 11.6 Å². The zero-order chi connectivity index (χ0) is 6.95. The van der Waals surface area contributed by atoms with E-state index in [0.717, 1.165) is 0 Å². The van der Waals surface area contributed by atoms with Gasteiger partial charge >= 0.3 is 0 Å². The Hall–Kier alpha value is -1.11. The Bertz CT molecular complexity index is 236. The van der Waals surface area contributed by atoms with E-state index in [1.54, 1.807) is 12.2 Å². The molecule has 0 atom stereocenters. The molecule has 0 aromatic heterocycles. The minimum atomic E-state index is 1.59. The number of allylic oxidation sites excluding steroid dienone is 2. The van der Waals surface area contributed by atoms with Crippen LogP contribution in [-0.4, -0.2) is 0 Å². The quantitative estimate of drug-likeness (QED) is 0.383. The Kier molecular flexibility index (Phi) is 6.04. The Morgan fingerprint density at radius 2 is 2.00 bits per heavy atom. The molecule has 0 fully saturated rings. The van der Waals surface area contributed by atoms with E-state index in [2.05, 4.69) is 35.0 Å². The van der Waals surface area contributed by atoms with Crippen LogP contribution in [0.5, 0.6) is 0 Å². The Labute approximate surface area is 59.5 Å². The third-order valence-electron chi connectivity index (χ3n) is 0.446. The number of halogens is 1. The molecule has 0 aromatic rings. The molecule has 0 unspecified atom stereocenters. The van der Waals surface area contributed by atoms with Gasteiger partial charge in [-0.1, -0.05) is 30.0 Å². The lowest BCUT2D eigenvalue weighted by molar-refractivity contribution is 2.06. The molecule has 0 aliphatic heterocycles. The highest BCUT2D eigenvalue weighted by Crippen LogP contribution is 1.66. The van der Waals surface area contributed by atoms with Gasteiger partial charge in [-0.05, 0) is 23.3 Å². The minimum absolute atomic E-state index is 1.59. The lowest BCUT2D eigenvalue weighted by Crippen LogP contribution is -1.30. The van der Waals surface area contributed by atoms with Gasteiger partial charge in [0.25, 0.3) is 0 Å². The third kappa shape index (κ3) is 6.89. The van der Waals surface area contributed by atoms with E-state index in [4.69, 9.17) is 11.6 Å². The van der Waals surface area contributed by atoms with Gasteiger partial charge in [0.15, 0.2) is 0 Å². The maximum atomic E-state index is 4.99. The van der Waals surface area contributed by atoms with Gasteiger partial charge in [-0.3, -0.25) is 0 Å². The summed E-state index contributed by atoms with van der Waals surface area (Å²) in [7, 11) is 0. The molecule has 0 bridgehead atoms. The van der Waals surface area contributed by atoms with Crippen molar-refractivity contribution in [3.05, 3.63) is 47.2 Å². The van der Waals surface area contributed by atoms with E-state index in [-0.39, 0.29) is 0 Å². The molecule has 0 nitrogen and oxygen atoms in total. The monoisotopic (exact) mass is 135 g/mol. The summed E-state index contributed by atoms with van der Waals surface area (Å²) in [6, 6.07) is 0.